The summed E-state index contributed by atoms with van der Waals surface area (Å²) >= 11 is 0. The van der Waals surface area contributed by atoms with Crippen molar-refractivity contribution < 1.29 is 33.9 Å². The molecule has 5 atom stereocenters. The minimum atomic E-state index is -1.35. The van der Waals surface area contributed by atoms with Crippen LogP contribution < -0.4 is 16.0 Å². The van der Waals surface area contributed by atoms with Crippen molar-refractivity contribution in [3.63, 3.8) is 0 Å². The fourth-order valence-electron chi connectivity index (χ4n) is 6.55. The number of nitrogens with one attached hydrogen (secondary N) is 3. The molecular formula is C35H51N5O7. The summed E-state index contributed by atoms with van der Waals surface area (Å²) in [5.41, 5.74) is -0.0232. The molecule has 0 saturated carbocycles. The van der Waals surface area contributed by atoms with Gasteiger partial charge in [-0.2, -0.15) is 0 Å². The summed E-state index contributed by atoms with van der Waals surface area (Å²) in [6, 6.07) is 4.42. The maximum absolute atomic E-state index is 14.0. The van der Waals surface area contributed by atoms with Crippen LogP contribution in [-0.2, 0) is 30.4 Å². The van der Waals surface area contributed by atoms with E-state index in [0.29, 0.717) is 50.6 Å². The highest BCUT2D eigenvalue weighted by Gasteiger charge is 2.43. The van der Waals surface area contributed by atoms with Crippen molar-refractivity contribution in [1.82, 2.24) is 25.8 Å². The number of carbonyl (C=O) groups excluding carboxylic acids is 6. The molecule has 0 spiro atoms. The Morgan fingerprint density at radius 1 is 0.915 bits per heavy atom. The van der Waals surface area contributed by atoms with Crippen LogP contribution in [0.5, 0.6) is 0 Å². The van der Waals surface area contributed by atoms with Crippen LogP contribution in [0.1, 0.15) is 107 Å². The van der Waals surface area contributed by atoms with Gasteiger partial charge < -0.3 is 30.9 Å². The molecule has 5 amide bonds. The molecule has 3 fully saturated rings. The van der Waals surface area contributed by atoms with E-state index in [1.54, 1.807) is 38.1 Å². The lowest BCUT2D eigenvalue weighted by atomic mass is 9.94. The average molecular weight is 654 g/mol. The van der Waals surface area contributed by atoms with Crippen molar-refractivity contribution in [2.24, 2.45) is 0 Å². The molecule has 1 aromatic carbocycles. The van der Waals surface area contributed by atoms with Gasteiger partial charge in [-0.3, -0.25) is 28.8 Å². The van der Waals surface area contributed by atoms with Crippen molar-refractivity contribution in [1.29, 1.82) is 0 Å². The smallest absolute Gasteiger partial charge is 0.253 e. The largest absolute Gasteiger partial charge is 0.386 e. The van der Waals surface area contributed by atoms with E-state index >= 15 is 0 Å². The van der Waals surface area contributed by atoms with Gasteiger partial charge in [-0.25, -0.2) is 0 Å². The Bertz CT molecular complexity index is 1310. The fraction of sp³-hybridized carbons (Fsp3) is 0.657. The number of aliphatic hydroxyl groups is 1. The minimum Gasteiger partial charge on any atom is -0.386 e. The van der Waals surface area contributed by atoms with Crippen molar-refractivity contribution >= 4 is 35.3 Å². The molecule has 1 aromatic rings. The predicted octanol–water partition coefficient (Wildman–Crippen LogP) is 2.01. The standard InChI is InChI=1S/C35H51N5O7/c1-4-35(3)34(47)37-27(22-24-15-17-25(18-16-24)32(45)39-19-9-6-10-20-39)33(46)40-21-11-13-28(40)31(44)36-26(30(43)38-35)12-7-5-8-14-29(42)23(2)41/h15-18,23,26-28,41H,4-14,19-22H2,1-3H3,(H,36,44)(H,37,47)(H,38,43)/t23-,26+,27+,28-,35+/m1/s1. The molecule has 0 aliphatic carbocycles. The highest BCUT2D eigenvalue weighted by molar-refractivity contribution is 5.99. The van der Waals surface area contributed by atoms with Crippen LogP contribution in [0, 0.1) is 0 Å². The number of nitrogens with zero attached hydrogens (tertiary/aromatic N) is 2. The van der Waals surface area contributed by atoms with Gasteiger partial charge in [0.25, 0.3) is 5.91 Å². The number of rotatable bonds is 11. The molecule has 4 N–H and O–H groups in total. The summed E-state index contributed by atoms with van der Waals surface area (Å²) in [7, 11) is 0. The van der Waals surface area contributed by atoms with E-state index in [2.05, 4.69) is 16.0 Å². The monoisotopic (exact) mass is 653 g/mol. The van der Waals surface area contributed by atoms with E-state index < -0.39 is 47.5 Å². The number of likely N-dealkylation sites (tertiary alicyclic amines) is 1. The lowest BCUT2D eigenvalue weighted by Crippen LogP contribution is -2.65. The number of carbonyl (C=O) groups is 6. The summed E-state index contributed by atoms with van der Waals surface area (Å²) < 4.78 is 0. The number of fused-ring (bicyclic) bond motifs is 1. The molecule has 0 aromatic heterocycles. The zero-order chi connectivity index (χ0) is 34.1. The van der Waals surface area contributed by atoms with Gasteiger partial charge in [-0.05, 0) is 82.9 Å². The lowest BCUT2D eigenvalue weighted by molar-refractivity contribution is -0.144. The Hall–Kier alpha value is -3.80. The van der Waals surface area contributed by atoms with Crippen molar-refractivity contribution in [2.75, 3.05) is 19.6 Å². The van der Waals surface area contributed by atoms with Crippen LogP contribution in [0.25, 0.3) is 0 Å². The average Bonchev–Trinajstić information content (AvgIpc) is 3.57. The van der Waals surface area contributed by atoms with Crippen LogP contribution in [0.4, 0.5) is 0 Å². The van der Waals surface area contributed by atoms with Crippen LogP contribution in [0.2, 0.25) is 0 Å². The second kappa shape index (κ2) is 16.3. The van der Waals surface area contributed by atoms with E-state index in [0.717, 1.165) is 37.9 Å². The number of Topliss-reactive ketones (excluding diaryl/α,β-unsaturated/α-hetero) is 1. The summed E-state index contributed by atoms with van der Waals surface area (Å²) in [6.07, 6.45) is 5.78. The van der Waals surface area contributed by atoms with Gasteiger partial charge in [0, 0.05) is 38.0 Å². The molecule has 12 heteroatoms. The molecule has 4 rings (SSSR count). The highest BCUT2D eigenvalue weighted by Crippen LogP contribution is 2.23. The van der Waals surface area contributed by atoms with Gasteiger partial charge >= 0.3 is 0 Å². The predicted molar refractivity (Wildman–Crippen MR) is 175 cm³/mol. The molecule has 0 bridgehead atoms. The second-order valence-corrected chi connectivity index (χ2v) is 13.4. The Morgan fingerprint density at radius 3 is 2.28 bits per heavy atom. The molecule has 0 radical (unpaired) electrons. The molecule has 12 nitrogen and oxygen atoms in total. The second-order valence-electron chi connectivity index (χ2n) is 13.4. The zero-order valence-electron chi connectivity index (χ0n) is 28.0. The van der Waals surface area contributed by atoms with E-state index in [9.17, 15) is 33.9 Å². The van der Waals surface area contributed by atoms with Crippen LogP contribution >= 0.6 is 0 Å². The number of hydrogen-bond donors (Lipinski definition) is 4. The molecule has 3 heterocycles. The Balaban J connectivity index is 1.51. The van der Waals surface area contributed by atoms with Crippen LogP contribution in [-0.4, -0.2) is 99.6 Å². The minimum absolute atomic E-state index is 0.0169. The summed E-state index contributed by atoms with van der Waals surface area (Å²) in [5, 5.41) is 18.0. The summed E-state index contributed by atoms with van der Waals surface area (Å²) in [6.45, 7) is 6.65. The van der Waals surface area contributed by atoms with Gasteiger partial charge in [0.1, 0.15) is 29.8 Å². The molecule has 3 aliphatic heterocycles. The molecule has 258 valence electrons. The molecule has 3 saturated heterocycles. The van der Waals surface area contributed by atoms with Crippen molar-refractivity contribution in [2.45, 2.75) is 128 Å². The SMILES string of the molecule is CC[C@]1(C)NC(=O)[C@H](CCCCCC(=O)[C@@H](C)O)NC(=O)[C@H]2CCCN2C(=O)[C@H](Cc2ccc(C(=O)N3CCCCC3)cc2)NC1=O. The van der Waals surface area contributed by atoms with Gasteiger partial charge in [-0.1, -0.05) is 31.9 Å². The van der Waals surface area contributed by atoms with Gasteiger partial charge in [-0.15, -0.1) is 0 Å². The van der Waals surface area contributed by atoms with Gasteiger partial charge in [0.15, 0.2) is 5.78 Å². The lowest BCUT2D eigenvalue weighted by Gasteiger charge is -2.36. The fourth-order valence-corrected chi connectivity index (χ4v) is 6.55. The number of benzene rings is 1. The molecular weight excluding hydrogens is 602 g/mol. The first-order chi connectivity index (χ1) is 22.4. The third kappa shape index (κ3) is 9.18. The van der Waals surface area contributed by atoms with Crippen LogP contribution in [0.3, 0.4) is 0 Å². The maximum atomic E-state index is 14.0. The van der Waals surface area contributed by atoms with Crippen LogP contribution in [0.15, 0.2) is 24.3 Å². The number of piperidine rings is 1. The Kier molecular flexibility index (Phi) is 12.5. The topological polar surface area (TPSA) is 165 Å². The normalized spacial score (nSPS) is 26.3. The number of amides is 5. The first-order valence-corrected chi connectivity index (χ1v) is 17.3. The molecule has 3 aliphatic rings. The Labute approximate surface area is 277 Å². The van der Waals surface area contributed by atoms with Crippen molar-refractivity contribution in [3.8, 4) is 0 Å². The van der Waals surface area contributed by atoms with E-state index in [1.807, 2.05) is 4.90 Å². The quantitative estimate of drug-likeness (QED) is 0.265. The van der Waals surface area contributed by atoms with E-state index in [-0.39, 0.29) is 36.9 Å². The first kappa shape index (κ1) is 36.0. The third-order valence-electron chi connectivity index (χ3n) is 9.85. The zero-order valence-corrected chi connectivity index (χ0v) is 28.0. The number of ketones is 1. The van der Waals surface area contributed by atoms with E-state index in [4.69, 9.17) is 0 Å². The van der Waals surface area contributed by atoms with Gasteiger partial charge in [0.05, 0.1) is 0 Å². The Morgan fingerprint density at radius 2 is 1.62 bits per heavy atom. The summed E-state index contributed by atoms with van der Waals surface area (Å²) in [4.78, 5) is 83.1. The number of unbranched alkanes of at least 4 members (excludes halogenated alkanes) is 2. The summed E-state index contributed by atoms with van der Waals surface area (Å²) in [5.74, 6) is -2.02. The molecule has 47 heavy (non-hydrogen) atoms. The van der Waals surface area contributed by atoms with Crippen molar-refractivity contribution in [3.05, 3.63) is 35.4 Å². The number of aliphatic hydroxyl groups excluding tert-OH is 1. The third-order valence-corrected chi connectivity index (χ3v) is 9.85. The maximum Gasteiger partial charge on any atom is 0.253 e. The molecule has 0 unspecified atom stereocenters. The first-order valence-electron chi connectivity index (χ1n) is 17.3. The van der Waals surface area contributed by atoms with E-state index in [1.165, 1.54) is 11.8 Å². The van der Waals surface area contributed by atoms with Gasteiger partial charge in [0.2, 0.25) is 23.6 Å². The number of hydrogen-bond acceptors (Lipinski definition) is 7. The highest BCUT2D eigenvalue weighted by atomic mass is 16.3.